The van der Waals surface area contributed by atoms with Gasteiger partial charge in [0.2, 0.25) is 11.1 Å². The van der Waals surface area contributed by atoms with E-state index in [4.69, 9.17) is 17.4 Å². The molecule has 0 atom stereocenters. The summed E-state index contributed by atoms with van der Waals surface area (Å²) in [4.78, 5) is 16.0. The fourth-order valence-corrected chi connectivity index (χ4v) is 3.06. The minimum atomic E-state index is -0.0881. The van der Waals surface area contributed by atoms with Gasteiger partial charge in [0.05, 0.1) is 5.75 Å². The topological polar surface area (TPSA) is 98.7 Å². The minimum absolute atomic E-state index is 0.0881. The number of nitrogen functional groups attached to an aromatic ring is 1. The van der Waals surface area contributed by atoms with Crippen molar-refractivity contribution in [3.8, 4) is 11.4 Å². The fourth-order valence-electron chi connectivity index (χ4n) is 2.25. The van der Waals surface area contributed by atoms with Crippen molar-refractivity contribution in [2.24, 2.45) is 0 Å². The third-order valence-corrected chi connectivity index (χ3v) is 4.76. The first-order valence-corrected chi connectivity index (χ1v) is 9.24. The number of thioether (sulfide) groups is 1. The quantitative estimate of drug-likeness (QED) is 0.475. The summed E-state index contributed by atoms with van der Waals surface area (Å²) in [6, 6.07) is 11.2. The van der Waals surface area contributed by atoms with Crippen molar-refractivity contribution in [1.82, 2.24) is 25.2 Å². The molecule has 3 aromatic rings. The molecule has 3 N–H and O–H groups in total. The summed E-state index contributed by atoms with van der Waals surface area (Å²) in [5.74, 6) is 6.64. The minimum Gasteiger partial charge on any atom is -0.355 e. The molecule has 0 unspecified atom stereocenters. The van der Waals surface area contributed by atoms with Crippen LogP contribution >= 0.6 is 23.4 Å². The molecule has 2 heterocycles. The van der Waals surface area contributed by atoms with Crippen molar-refractivity contribution in [1.29, 1.82) is 0 Å². The third-order valence-electron chi connectivity index (χ3n) is 3.57. The largest absolute Gasteiger partial charge is 0.355 e. The Morgan fingerprint density at radius 3 is 2.77 bits per heavy atom. The van der Waals surface area contributed by atoms with Crippen LogP contribution in [-0.4, -0.2) is 38.1 Å². The van der Waals surface area contributed by atoms with Crippen LogP contribution < -0.4 is 11.2 Å². The molecule has 0 saturated carbocycles. The van der Waals surface area contributed by atoms with E-state index in [9.17, 15) is 4.79 Å². The summed E-state index contributed by atoms with van der Waals surface area (Å²) < 4.78 is 1.36. The number of benzene rings is 1. The monoisotopic (exact) mass is 388 g/mol. The van der Waals surface area contributed by atoms with E-state index in [2.05, 4.69) is 20.5 Å². The Hall–Kier alpha value is -2.58. The first-order chi connectivity index (χ1) is 12.6. The summed E-state index contributed by atoms with van der Waals surface area (Å²) in [5.41, 5.74) is 1.88. The van der Waals surface area contributed by atoms with Crippen LogP contribution in [0.3, 0.4) is 0 Å². The number of nitrogens with zero attached hydrogens (tertiary/aromatic N) is 4. The van der Waals surface area contributed by atoms with Crippen molar-refractivity contribution in [2.45, 2.75) is 11.6 Å². The van der Waals surface area contributed by atoms with Crippen LogP contribution in [-0.2, 0) is 11.2 Å². The average molecular weight is 389 g/mol. The summed E-state index contributed by atoms with van der Waals surface area (Å²) >= 11 is 7.08. The lowest BCUT2D eigenvalue weighted by Crippen LogP contribution is -2.27. The van der Waals surface area contributed by atoms with Gasteiger partial charge >= 0.3 is 0 Å². The molecule has 0 spiro atoms. The summed E-state index contributed by atoms with van der Waals surface area (Å²) in [7, 11) is 0. The van der Waals surface area contributed by atoms with Gasteiger partial charge in [0.25, 0.3) is 0 Å². The van der Waals surface area contributed by atoms with E-state index in [1.165, 1.54) is 16.4 Å². The Balaban J connectivity index is 1.47. The van der Waals surface area contributed by atoms with Crippen LogP contribution in [0.4, 0.5) is 0 Å². The number of rotatable bonds is 7. The smallest absolute Gasteiger partial charge is 0.230 e. The second kappa shape index (κ2) is 8.68. The van der Waals surface area contributed by atoms with Gasteiger partial charge in [0.15, 0.2) is 5.82 Å². The predicted molar refractivity (Wildman–Crippen MR) is 102 cm³/mol. The lowest BCUT2D eigenvalue weighted by atomic mass is 10.1. The summed E-state index contributed by atoms with van der Waals surface area (Å²) in [6.45, 7) is 0.553. The van der Waals surface area contributed by atoms with Crippen LogP contribution in [0, 0.1) is 0 Å². The van der Waals surface area contributed by atoms with E-state index in [0.29, 0.717) is 22.5 Å². The SMILES string of the molecule is Nn1c(SCC(=O)NCCc2ccc(Cl)cc2)nnc1-c1cccnc1. The molecule has 2 aromatic heterocycles. The third kappa shape index (κ3) is 4.74. The standard InChI is InChI=1S/C17H17ClN6OS/c18-14-5-3-12(4-6-14)7-9-21-15(25)11-26-17-23-22-16(24(17)19)13-2-1-8-20-10-13/h1-6,8,10H,7,9,11,19H2,(H,21,25). The van der Waals surface area contributed by atoms with Gasteiger partial charge in [0.1, 0.15) is 0 Å². The van der Waals surface area contributed by atoms with E-state index in [1.807, 2.05) is 30.3 Å². The molecule has 0 aliphatic carbocycles. The molecular weight excluding hydrogens is 372 g/mol. The van der Waals surface area contributed by atoms with E-state index in [-0.39, 0.29) is 11.7 Å². The molecule has 1 aromatic carbocycles. The zero-order valence-electron chi connectivity index (χ0n) is 13.8. The van der Waals surface area contributed by atoms with Gasteiger partial charge in [-0.2, -0.15) is 0 Å². The lowest BCUT2D eigenvalue weighted by molar-refractivity contribution is -0.118. The van der Waals surface area contributed by atoms with Gasteiger partial charge in [-0.05, 0) is 36.2 Å². The van der Waals surface area contributed by atoms with Gasteiger partial charge < -0.3 is 11.2 Å². The van der Waals surface area contributed by atoms with Crippen molar-refractivity contribution < 1.29 is 4.79 Å². The van der Waals surface area contributed by atoms with Crippen molar-refractivity contribution >= 4 is 29.3 Å². The highest BCUT2D eigenvalue weighted by Crippen LogP contribution is 2.20. The van der Waals surface area contributed by atoms with Crippen LogP contribution in [0.25, 0.3) is 11.4 Å². The van der Waals surface area contributed by atoms with Gasteiger partial charge in [0, 0.05) is 29.5 Å². The van der Waals surface area contributed by atoms with Gasteiger partial charge in [-0.15, -0.1) is 10.2 Å². The number of nitrogens with two attached hydrogens (primary N) is 1. The second-order valence-corrected chi connectivity index (χ2v) is 6.81. The summed E-state index contributed by atoms with van der Waals surface area (Å²) in [5, 5.41) is 12.1. The number of hydrogen-bond acceptors (Lipinski definition) is 6. The molecule has 134 valence electrons. The van der Waals surface area contributed by atoms with Crippen LogP contribution in [0.5, 0.6) is 0 Å². The lowest BCUT2D eigenvalue weighted by Gasteiger charge is -2.06. The molecule has 7 nitrogen and oxygen atoms in total. The Bertz CT molecular complexity index is 869. The molecule has 0 radical (unpaired) electrons. The van der Waals surface area contributed by atoms with Gasteiger partial charge in [-0.1, -0.05) is 35.5 Å². The highest BCUT2D eigenvalue weighted by atomic mass is 35.5. The number of carbonyl (C=O) groups excluding carboxylic acids is 1. The molecule has 0 aliphatic rings. The Kier molecular flexibility index (Phi) is 6.08. The highest BCUT2D eigenvalue weighted by molar-refractivity contribution is 7.99. The predicted octanol–water partition coefficient (Wildman–Crippen LogP) is 2.16. The zero-order chi connectivity index (χ0) is 18.4. The second-order valence-electron chi connectivity index (χ2n) is 5.43. The first-order valence-electron chi connectivity index (χ1n) is 7.88. The number of pyridine rings is 1. The number of amides is 1. The van der Waals surface area contributed by atoms with Crippen molar-refractivity contribution in [3.05, 3.63) is 59.4 Å². The normalized spacial score (nSPS) is 10.7. The van der Waals surface area contributed by atoms with Crippen LogP contribution in [0.2, 0.25) is 5.02 Å². The van der Waals surface area contributed by atoms with Crippen LogP contribution in [0.15, 0.2) is 53.9 Å². The number of aromatic nitrogens is 4. The zero-order valence-corrected chi connectivity index (χ0v) is 15.4. The Morgan fingerprint density at radius 2 is 2.04 bits per heavy atom. The fraction of sp³-hybridized carbons (Fsp3) is 0.176. The molecule has 3 rings (SSSR count). The molecule has 1 amide bonds. The average Bonchev–Trinajstić information content (AvgIpc) is 3.03. The van der Waals surface area contributed by atoms with Gasteiger partial charge in [-0.3, -0.25) is 9.78 Å². The maximum Gasteiger partial charge on any atom is 0.230 e. The van der Waals surface area contributed by atoms with Crippen molar-refractivity contribution in [2.75, 3.05) is 18.1 Å². The number of nitrogens with one attached hydrogen (secondary N) is 1. The number of halogens is 1. The molecule has 26 heavy (non-hydrogen) atoms. The number of carbonyl (C=O) groups is 1. The number of hydrogen-bond donors (Lipinski definition) is 2. The Morgan fingerprint density at radius 1 is 1.23 bits per heavy atom. The van der Waals surface area contributed by atoms with E-state index in [0.717, 1.165) is 17.5 Å². The van der Waals surface area contributed by atoms with E-state index in [1.54, 1.807) is 18.5 Å². The first kappa shape index (κ1) is 18.2. The van der Waals surface area contributed by atoms with Crippen molar-refractivity contribution in [3.63, 3.8) is 0 Å². The highest BCUT2D eigenvalue weighted by Gasteiger charge is 2.13. The molecule has 0 saturated heterocycles. The van der Waals surface area contributed by atoms with E-state index < -0.39 is 0 Å². The maximum absolute atomic E-state index is 12.0. The van der Waals surface area contributed by atoms with Crippen LogP contribution in [0.1, 0.15) is 5.56 Å². The molecule has 0 bridgehead atoms. The molecule has 0 aliphatic heterocycles. The van der Waals surface area contributed by atoms with E-state index >= 15 is 0 Å². The molecular formula is C17H17ClN6OS. The summed E-state index contributed by atoms with van der Waals surface area (Å²) in [6.07, 6.45) is 4.07. The molecule has 0 fully saturated rings. The maximum atomic E-state index is 12.0. The Labute approximate surface area is 159 Å². The molecule has 9 heteroatoms. The van der Waals surface area contributed by atoms with Gasteiger partial charge in [-0.25, -0.2) is 4.68 Å².